The number of unbranched alkanes of at least 4 members (excludes halogenated alkanes) is 2. The van der Waals surface area contributed by atoms with Crippen molar-refractivity contribution in [2.75, 3.05) is 13.6 Å². The van der Waals surface area contributed by atoms with E-state index in [0.717, 1.165) is 38.5 Å². The first-order valence-corrected chi connectivity index (χ1v) is 15.9. The molecular weight excluding hydrogens is 571 g/mol. The van der Waals surface area contributed by atoms with Crippen LogP contribution in [-0.2, 0) is 9.59 Å². The van der Waals surface area contributed by atoms with E-state index in [1.165, 1.54) is 29.4 Å². The van der Waals surface area contributed by atoms with Gasteiger partial charge in [0.2, 0.25) is 5.91 Å². The number of carboxylic acids is 1. The number of carboxylic acid groups (broad SMARTS) is 1. The van der Waals surface area contributed by atoms with Gasteiger partial charge in [-0.05, 0) is 95.6 Å². The average Bonchev–Trinajstić information content (AvgIpc) is 3.01. The van der Waals surface area contributed by atoms with Gasteiger partial charge in [0.25, 0.3) is 0 Å². The Labute approximate surface area is 269 Å². The van der Waals surface area contributed by atoms with Gasteiger partial charge < -0.3 is 15.5 Å². The SMILES string of the molecule is C=C/C=C\C1=C(/CC)CCC(C(=O)NC(/C=C/C(N=CCCCCC(=O)O)=C(\C=C)C(O)NC/C=C\C(F)=C/C)NC)CCC1. The maximum atomic E-state index is 13.4. The molecule has 0 spiro atoms. The molecule has 0 aromatic heterocycles. The summed E-state index contributed by atoms with van der Waals surface area (Å²) in [6, 6.07) is 0. The van der Waals surface area contributed by atoms with Crippen molar-refractivity contribution in [1.82, 2.24) is 16.0 Å². The van der Waals surface area contributed by atoms with Gasteiger partial charge in [-0.1, -0.05) is 62.1 Å². The number of halogens is 1. The Bertz CT molecular complexity index is 1180. The van der Waals surface area contributed by atoms with Gasteiger partial charge in [-0.3, -0.25) is 25.2 Å². The lowest BCUT2D eigenvalue weighted by molar-refractivity contribution is -0.137. The number of amides is 1. The third-order valence-corrected chi connectivity index (χ3v) is 7.53. The molecule has 0 saturated heterocycles. The van der Waals surface area contributed by atoms with Crippen LogP contribution in [0, 0.1) is 5.92 Å². The second kappa shape index (κ2) is 23.7. The van der Waals surface area contributed by atoms with Gasteiger partial charge in [0.05, 0.1) is 11.9 Å². The number of carbonyl (C=O) groups is 2. The molecule has 5 N–H and O–H groups in total. The molecule has 0 saturated carbocycles. The van der Waals surface area contributed by atoms with Crippen LogP contribution in [0.25, 0.3) is 0 Å². The number of aliphatic hydroxyl groups excluding tert-OH is 1. The van der Waals surface area contributed by atoms with E-state index in [9.17, 15) is 19.1 Å². The zero-order chi connectivity index (χ0) is 33.5. The lowest BCUT2D eigenvalue weighted by Crippen LogP contribution is -2.45. The molecule has 3 atom stereocenters. The zero-order valence-electron chi connectivity index (χ0n) is 27.2. The molecule has 1 amide bonds. The summed E-state index contributed by atoms with van der Waals surface area (Å²) >= 11 is 0. The summed E-state index contributed by atoms with van der Waals surface area (Å²) in [5.74, 6) is -1.34. The summed E-state index contributed by atoms with van der Waals surface area (Å²) in [6.07, 6.45) is 22.2. The molecule has 1 rings (SSSR count). The van der Waals surface area contributed by atoms with E-state index in [4.69, 9.17) is 5.11 Å². The van der Waals surface area contributed by atoms with Crippen LogP contribution in [0.2, 0.25) is 0 Å². The summed E-state index contributed by atoms with van der Waals surface area (Å²) in [7, 11) is 1.75. The van der Waals surface area contributed by atoms with Crippen LogP contribution in [0.15, 0.2) is 101 Å². The third kappa shape index (κ3) is 16.3. The number of likely N-dealkylation sites (N-methyl/N-ethyl adjacent to an activating group) is 1. The number of aliphatic imine (C=N–C) groups is 1. The molecule has 0 aliphatic heterocycles. The molecule has 0 fully saturated rings. The minimum absolute atomic E-state index is 0.0159. The topological polar surface area (TPSA) is 123 Å². The van der Waals surface area contributed by atoms with E-state index >= 15 is 0 Å². The number of nitrogens with zero attached hydrogens (tertiary/aromatic N) is 1. The highest BCUT2D eigenvalue weighted by Gasteiger charge is 2.22. The van der Waals surface area contributed by atoms with Crippen molar-refractivity contribution in [1.29, 1.82) is 0 Å². The van der Waals surface area contributed by atoms with Gasteiger partial charge in [-0.25, -0.2) is 4.39 Å². The van der Waals surface area contributed by atoms with E-state index in [-0.39, 0.29) is 30.6 Å². The Morgan fingerprint density at radius 3 is 2.60 bits per heavy atom. The molecule has 9 heteroatoms. The Morgan fingerprint density at radius 1 is 1.18 bits per heavy atom. The molecular formula is C36H53FN4O4. The Hall–Kier alpha value is -3.66. The van der Waals surface area contributed by atoms with E-state index in [1.54, 1.807) is 44.5 Å². The number of aliphatic carboxylic acids is 1. The van der Waals surface area contributed by atoms with Crippen molar-refractivity contribution in [3.63, 3.8) is 0 Å². The minimum Gasteiger partial charge on any atom is -0.481 e. The highest BCUT2D eigenvalue weighted by Crippen LogP contribution is 2.29. The van der Waals surface area contributed by atoms with Crippen molar-refractivity contribution in [2.45, 2.75) is 90.4 Å². The van der Waals surface area contributed by atoms with Crippen molar-refractivity contribution in [3.8, 4) is 0 Å². The number of carbonyl (C=O) groups excluding carboxylic acids is 1. The van der Waals surface area contributed by atoms with Crippen molar-refractivity contribution < 1.29 is 24.2 Å². The lowest BCUT2D eigenvalue weighted by atomic mass is 9.85. The first kappa shape index (κ1) is 39.4. The number of aliphatic hydroxyl groups is 1. The second-order valence-corrected chi connectivity index (χ2v) is 10.7. The lowest BCUT2D eigenvalue weighted by Gasteiger charge is -2.24. The van der Waals surface area contributed by atoms with Crippen LogP contribution in [0.5, 0.6) is 0 Å². The molecule has 0 radical (unpaired) electrons. The van der Waals surface area contributed by atoms with Crippen LogP contribution < -0.4 is 16.0 Å². The van der Waals surface area contributed by atoms with Gasteiger partial charge in [-0.2, -0.15) is 0 Å². The van der Waals surface area contributed by atoms with Gasteiger partial charge in [0.1, 0.15) is 12.1 Å². The fourth-order valence-electron chi connectivity index (χ4n) is 4.90. The van der Waals surface area contributed by atoms with Gasteiger partial charge in [0, 0.05) is 30.7 Å². The van der Waals surface area contributed by atoms with Crippen LogP contribution in [0.3, 0.4) is 0 Å². The highest BCUT2D eigenvalue weighted by molar-refractivity contribution is 5.79. The molecule has 1 aliphatic rings. The van der Waals surface area contributed by atoms with Crippen LogP contribution >= 0.6 is 0 Å². The molecule has 248 valence electrons. The maximum Gasteiger partial charge on any atom is 0.303 e. The van der Waals surface area contributed by atoms with Crippen LogP contribution in [-0.4, -0.2) is 54.3 Å². The van der Waals surface area contributed by atoms with Crippen molar-refractivity contribution in [2.24, 2.45) is 10.9 Å². The van der Waals surface area contributed by atoms with Crippen LogP contribution in [0.1, 0.15) is 78.1 Å². The zero-order valence-corrected chi connectivity index (χ0v) is 27.2. The predicted octanol–water partition coefficient (Wildman–Crippen LogP) is 6.73. The number of hydrogen-bond acceptors (Lipinski definition) is 6. The Kier molecular flexibility index (Phi) is 20.7. The number of hydrogen-bond donors (Lipinski definition) is 5. The molecule has 0 aromatic rings. The third-order valence-electron chi connectivity index (χ3n) is 7.53. The highest BCUT2D eigenvalue weighted by atomic mass is 19.1. The van der Waals surface area contributed by atoms with E-state index in [2.05, 4.69) is 47.1 Å². The summed E-state index contributed by atoms with van der Waals surface area (Å²) in [4.78, 5) is 28.7. The van der Waals surface area contributed by atoms with Gasteiger partial charge >= 0.3 is 5.97 Å². The molecule has 3 unspecified atom stereocenters. The summed E-state index contributed by atoms with van der Waals surface area (Å²) in [5, 5.41) is 28.8. The molecule has 8 nitrogen and oxygen atoms in total. The van der Waals surface area contributed by atoms with Crippen molar-refractivity contribution >= 4 is 18.1 Å². The van der Waals surface area contributed by atoms with E-state index < -0.39 is 18.4 Å². The smallest absolute Gasteiger partial charge is 0.303 e. The van der Waals surface area contributed by atoms with E-state index in [1.807, 2.05) is 6.08 Å². The fourth-order valence-corrected chi connectivity index (χ4v) is 4.90. The van der Waals surface area contributed by atoms with Crippen LogP contribution in [0.4, 0.5) is 4.39 Å². The van der Waals surface area contributed by atoms with Crippen molar-refractivity contribution in [3.05, 3.63) is 96.1 Å². The minimum atomic E-state index is -1.14. The van der Waals surface area contributed by atoms with E-state index in [0.29, 0.717) is 30.5 Å². The number of nitrogens with one attached hydrogen (secondary N) is 3. The monoisotopic (exact) mass is 624 g/mol. The second-order valence-electron chi connectivity index (χ2n) is 10.7. The van der Waals surface area contributed by atoms with Gasteiger partial charge in [-0.15, -0.1) is 0 Å². The Morgan fingerprint density at radius 2 is 1.96 bits per heavy atom. The molecule has 0 aromatic carbocycles. The standard InChI is InChI=1S/C36H53FN4O4/c1-6-10-16-28-17-14-18-29(22-21-27(28)7-2)35(44)41-33(38-5)24-23-32(39-25-13-11-12-20-34(42)43)31(9-4)36(45)40-26-15-19-30(37)8-3/h6,8-10,15-16,19,23-25,29,33,36,38,40,45H,1,4,7,11-14,17-18,20-22,26H2,2-3,5H3,(H,41,44)(H,42,43)/b16-10-,19-15-,24-23+,28-27-,30-8+,32-31-,39-25?. The molecule has 45 heavy (non-hydrogen) atoms. The number of allylic oxidation sites excluding steroid dienone is 9. The fraction of sp³-hybridized carbons (Fsp3) is 0.472. The Balaban J connectivity index is 3.10. The first-order chi connectivity index (χ1) is 21.7. The molecule has 0 bridgehead atoms. The van der Waals surface area contributed by atoms with Gasteiger partial charge in [0.15, 0.2) is 0 Å². The summed E-state index contributed by atoms with van der Waals surface area (Å²) < 4.78 is 13.4. The molecule has 0 heterocycles. The summed E-state index contributed by atoms with van der Waals surface area (Å²) in [5.41, 5.74) is 3.56. The summed E-state index contributed by atoms with van der Waals surface area (Å²) in [6.45, 7) is 11.6. The quantitative estimate of drug-likeness (QED) is 0.0443. The normalized spacial score (nSPS) is 20.3. The predicted molar refractivity (Wildman–Crippen MR) is 183 cm³/mol. The molecule has 1 aliphatic carbocycles. The largest absolute Gasteiger partial charge is 0.481 e. The first-order valence-electron chi connectivity index (χ1n) is 15.9. The maximum absolute atomic E-state index is 13.4. The average molecular weight is 625 g/mol. The number of rotatable bonds is 20.